The number of amides is 1. The fourth-order valence-electron chi connectivity index (χ4n) is 1.47. The number of carbonyl (C=O) groups excluding carboxylic acids is 1. The monoisotopic (exact) mass is 307 g/mol. The quantitative estimate of drug-likeness (QED) is 0.675. The van der Waals surface area contributed by atoms with Gasteiger partial charge in [0.05, 0.1) is 0 Å². The number of rotatable bonds is 0. The average Bonchev–Trinajstić information content (AvgIpc) is 2.32. The van der Waals surface area contributed by atoms with Crippen LogP contribution in [0.3, 0.4) is 0 Å². The molecule has 13 heavy (non-hydrogen) atoms. The average molecular weight is 308 g/mol. The zero-order valence-electron chi connectivity index (χ0n) is 6.97. The van der Waals surface area contributed by atoms with Gasteiger partial charge in [-0.25, -0.2) is 0 Å². The second kappa shape index (κ2) is 3.13. The lowest BCUT2D eigenvalue weighted by atomic mass is 10.1. The lowest BCUT2D eigenvalue weighted by molar-refractivity contribution is 0.0816. The van der Waals surface area contributed by atoms with Gasteiger partial charge in [-0.1, -0.05) is 11.6 Å². The van der Waals surface area contributed by atoms with Crippen molar-refractivity contribution in [3.8, 4) is 0 Å². The molecule has 0 aliphatic carbocycles. The van der Waals surface area contributed by atoms with Crippen molar-refractivity contribution in [3.05, 3.63) is 31.9 Å². The van der Waals surface area contributed by atoms with Crippen LogP contribution in [0.25, 0.3) is 0 Å². The second-order valence-electron chi connectivity index (χ2n) is 3.07. The Labute approximate surface area is 95.0 Å². The topological polar surface area (TPSA) is 20.3 Å². The number of hydrogen-bond donors (Lipinski definition) is 0. The summed E-state index contributed by atoms with van der Waals surface area (Å²) >= 11 is 8.07. The number of carbonyl (C=O) groups is 1. The van der Waals surface area contributed by atoms with Gasteiger partial charge in [-0.3, -0.25) is 4.79 Å². The van der Waals surface area contributed by atoms with E-state index in [1.54, 1.807) is 18.0 Å². The maximum atomic E-state index is 11.6. The van der Waals surface area contributed by atoms with Gasteiger partial charge in [0.1, 0.15) is 0 Å². The standard InChI is InChI=1S/C9H7ClINO/c1-12-4-7-6(9(12)13)2-5(10)3-8(7)11/h2-3H,4H2,1H3. The van der Waals surface area contributed by atoms with E-state index >= 15 is 0 Å². The summed E-state index contributed by atoms with van der Waals surface area (Å²) in [4.78, 5) is 13.3. The molecule has 0 spiro atoms. The van der Waals surface area contributed by atoms with Crippen molar-refractivity contribution in [2.45, 2.75) is 6.54 Å². The minimum absolute atomic E-state index is 0.0652. The number of nitrogens with zero attached hydrogens (tertiary/aromatic N) is 1. The highest BCUT2D eigenvalue weighted by Gasteiger charge is 2.26. The normalized spacial score (nSPS) is 15.0. The summed E-state index contributed by atoms with van der Waals surface area (Å²) in [5.74, 6) is 0.0652. The molecular formula is C9H7ClINO. The lowest BCUT2D eigenvalue weighted by Crippen LogP contribution is -2.17. The van der Waals surface area contributed by atoms with Crippen molar-refractivity contribution >= 4 is 40.1 Å². The molecule has 2 nitrogen and oxygen atoms in total. The summed E-state index contributed by atoms with van der Waals surface area (Å²) in [6.45, 7) is 0.698. The molecule has 0 unspecified atom stereocenters. The second-order valence-corrected chi connectivity index (χ2v) is 4.67. The predicted octanol–water partition coefficient (Wildman–Crippen LogP) is 2.53. The van der Waals surface area contributed by atoms with Gasteiger partial charge in [-0.2, -0.15) is 0 Å². The van der Waals surface area contributed by atoms with E-state index in [2.05, 4.69) is 22.6 Å². The van der Waals surface area contributed by atoms with Gasteiger partial charge in [-0.15, -0.1) is 0 Å². The fraction of sp³-hybridized carbons (Fsp3) is 0.222. The van der Waals surface area contributed by atoms with Gasteiger partial charge < -0.3 is 4.90 Å². The summed E-state index contributed by atoms with van der Waals surface area (Å²) in [6.07, 6.45) is 0. The van der Waals surface area contributed by atoms with Crippen LogP contribution in [0.4, 0.5) is 0 Å². The smallest absolute Gasteiger partial charge is 0.254 e. The maximum Gasteiger partial charge on any atom is 0.254 e. The number of fused-ring (bicyclic) bond motifs is 1. The predicted molar refractivity (Wildman–Crippen MR) is 60.0 cm³/mol. The van der Waals surface area contributed by atoms with E-state index in [1.165, 1.54) is 0 Å². The van der Waals surface area contributed by atoms with Crippen LogP contribution in [-0.4, -0.2) is 17.9 Å². The molecule has 1 aromatic rings. The van der Waals surface area contributed by atoms with Gasteiger partial charge in [0, 0.05) is 27.7 Å². The summed E-state index contributed by atoms with van der Waals surface area (Å²) in [6, 6.07) is 3.62. The Morgan fingerprint density at radius 1 is 1.54 bits per heavy atom. The first-order valence-corrected chi connectivity index (χ1v) is 5.28. The van der Waals surface area contributed by atoms with E-state index in [9.17, 15) is 4.79 Å². The number of hydrogen-bond acceptors (Lipinski definition) is 1. The molecule has 0 fully saturated rings. The van der Waals surface area contributed by atoms with Crippen molar-refractivity contribution in [1.82, 2.24) is 4.90 Å². The summed E-state index contributed by atoms with van der Waals surface area (Å²) in [5.41, 5.74) is 1.84. The third-order valence-corrected chi connectivity index (χ3v) is 3.31. The summed E-state index contributed by atoms with van der Waals surface area (Å²) < 4.78 is 1.07. The Kier molecular flexibility index (Phi) is 2.23. The fourth-order valence-corrected chi connectivity index (χ4v) is 2.67. The van der Waals surface area contributed by atoms with Crippen molar-refractivity contribution < 1.29 is 4.79 Å². The molecule has 0 radical (unpaired) electrons. The molecule has 1 aliphatic heterocycles. The molecule has 0 saturated carbocycles. The van der Waals surface area contributed by atoms with E-state index in [-0.39, 0.29) is 5.91 Å². The minimum atomic E-state index is 0.0652. The van der Waals surface area contributed by atoms with E-state index in [0.717, 1.165) is 14.7 Å². The van der Waals surface area contributed by atoms with Gasteiger partial charge in [0.2, 0.25) is 0 Å². The van der Waals surface area contributed by atoms with Gasteiger partial charge in [0.25, 0.3) is 5.91 Å². The highest BCUT2D eigenvalue weighted by molar-refractivity contribution is 14.1. The van der Waals surface area contributed by atoms with Crippen molar-refractivity contribution in [2.75, 3.05) is 7.05 Å². The van der Waals surface area contributed by atoms with Crippen LogP contribution in [0, 0.1) is 3.57 Å². The van der Waals surface area contributed by atoms with E-state index in [4.69, 9.17) is 11.6 Å². The van der Waals surface area contributed by atoms with E-state index in [0.29, 0.717) is 11.6 Å². The Balaban J connectivity index is 2.64. The van der Waals surface area contributed by atoms with Gasteiger partial charge in [0.15, 0.2) is 0 Å². The van der Waals surface area contributed by atoms with Crippen molar-refractivity contribution in [3.63, 3.8) is 0 Å². The first kappa shape index (κ1) is 9.27. The van der Waals surface area contributed by atoms with Crippen LogP contribution in [0.2, 0.25) is 5.02 Å². The Hall–Kier alpha value is -0.290. The minimum Gasteiger partial charge on any atom is -0.337 e. The zero-order chi connectivity index (χ0) is 9.59. The Morgan fingerprint density at radius 2 is 2.23 bits per heavy atom. The van der Waals surface area contributed by atoms with Crippen LogP contribution in [0.1, 0.15) is 15.9 Å². The molecule has 0 aromatic heterocycles. The molecule has 2 rings (SSSR count). The van der Waals surface area contributed by atoms with Crippen LogP contribution < -0.4 is 0 Å². The summed E-state index contributed by atoms with van der Waals surface area (Å²) in [7, 11) is 1.80. The lowest BCUT2D eigenvalue weighted by Gasteiger charge is -2.04. The highest BCUT2D eigenvalue weighted by atomic mass is 127. The first-order chi connectivity index (χ1) is 6.09. The van der Waals surface area contributed by atoms with Crippen LogP contribution >= 0.6 is 34.2 Å². The number of halogens is 2. The Bertz CT molecular complexity index is 391. The zero-order valence-corrected chi connectivity index (χ0v) is 9.89. The maximum absolute atomic E-state index is 11.6. The number of benzene rings is 1. The third kappa shape index (κ3) is 1.44. The van der Waals surface area contributed by atoms with E-state index < -0.39 is 0 Å². The largest absolute Gasteiger partial charge is 0.337 e. The molecular weight excluding hydrogens is 300 g/mol. The third-order valence-electron chi connectivity index (χ3n) is 2.13. The van der Waals surface area contributed by atoms with Crippen LogP contribution in [-0.2, 0) is 6.54 Å². The molecule has 68 valence electrons. The highest BCUT2D eigenvalue weighted by Crippen LogP contribution is 2.29. The molecule has 1 aliphatic rings. The van der Waals surface area contributed by atoms with Crippen molar-refractivity contribution in [1.29, 1.82) is 0 Å². The SMILES string of the molecule is CN1Cc2c(I)cc(Cl)cc2C1=O. The van der Waals surface area contributed by atoms with Crippen LogP contribution in [0.5, 0.6) is 0 Å². The summed E-state index contributed by atoms with van der Waals surface area (Å²) in [5, 5.41) is 0.631. The van der Waals surface area contributed by atoms with Gasteiger partial charge in [-0.05, 0) is 40.3 Å². The first-order valence-electron chi connectivity index (χ1n) is 3.83. The molecule has 4 heteroatoms. The molecule has 0 N–H and O–H groups in total. The van der Waals surface area contributed by atoms with Crippen LogP contribution in [0.15, 0.2) is 12.1 Å². The molecule has 1 heterocycles. The molecule has 0 saturated heterocycles. The molecule has 0 bridgehead atoms. The molecule has 0 atom stereocenters. The van der Waals surface area contributed by atoms with Gasteiger partial charge >= 0.3 is 0 Å². The van der Waals surface area contributed by atoms with Crippen molar-refractivity contribution in [2.24, 2.45) is 0 Å². The van der Waals surface area contributed by atoms with E-state index in [1.807, 2.05) is 6.07 Å². The molecule has 1 amide bonds. The Morgan fingerprint density at radius 3 is 2.92 bits per heavy atom. The molecule has 1 aromatic carbocycles.